The quantitative estimate of drug-likeness (QED) is 0.418. The van der Waals surface area contributed by atoms with Gasteiger partial charge in [-0.15, -0.1) is 0 Å². The van der Waals surface area contributed by atoms with Gasteiger partial charge in [0.1, 0.15) is 36.9 Å². The molecule has 3 aromatic rings. The number of hydrogen-bond donors (Lipinski definition) is 0. The average Bonchev–Trinajstić information content (AvgIpc) is 3.64. The summed E-state index contributed by atoms with van der Waals surface area (Å²) in [5.74, 6) is 1.67. The normalized spacial score (nSPS) is 20.4. The zero-order chi connectivity index (χ0) is 18.8. The molecule has 0 aliphatic carbocycles. The molecule has 0 spiro atoms. The number of azo groups is 1. The van der Waals surface area contributed by atoms with Gasteiger partial charge in [-0.2, -0.15) is 10.2 Å². The van der Waals surface area contributed by atoms with Crippen LogP contribution in [0.15, 0.2) is 70.9 Å². The molecule has 0 radical (unpaired) electrons. The monoisotopic (exact) mass is 376 g/mol. The molecule has 6 heteroatoms. The second-order valence-corrected chi connectivity index (χ2v) is 6.92. The van der Waals surface area contributed by atoms with Crippen molar-refractivity contribution in [1.82, 2.24) is 0 Å². The Kier molecular flexibility index (Phi) is 4.64. The number of nitrogens with zero attached hydrogens (tertiary/aromatic N) is 2. The minimum absolute atomic E-state index is 0.252. The van der Waals surface area contributed by atoms with Gasteiger partial charge in [-0.1, -0.05) is 12.1 Å². The summed E-state index contributed by atoms with van der Waals surface area (Å²) in [6, 6.07) is 19.6. The van der Waals surface area contributed by atoms with Crippen LogP contribution in [0.1, 0.15) is 0 Å². The summed E-state index contributed by atoms with van der Waals surface area (Å²) in [4.78, 5) is 0. The maximum Gasteiger partial charge on any atom is 0.120 e. The third-order valence-electron chi connectivity index (χ3n) is 4.59. The Hall–Kier alpha value is -2.96. The van der Waals surface area contributed by atoms with Gasteiger partial charge in [0, 0.05) is 0 Å². The lowest BCUT2D eigenvalue weighted by Gasteiger charge is -2.06. The zero-order valence-electron chi connectivity index (χ0n) is 15.3. The highest BCUT2D eigenvalue weighted by molar-refractivity contribution is 5.86. The van der Waals surface area contributed by atoms with Crippen LogP contribution in [0.5, 0.6) is 11.5 Å². The van der Waals surface area contributed by atoms with Crippen molar-refractivity contribution in [3.63, 3.8) is 0 Å². The van der Waals surface area contributed by atoms with Crippen molar-refractivity contribution in [2.45, 2.75) is 12.2 Å². The largest absolute Gasteiger partial charge is 0.491 e. The van der Waals surface area contributed by atoms with E-state index in [4.69, 9.17) is 18.9 Å². The molecule has 0 amide bonds. The molecule has 142 valence electrons. The molecule has 2 aliphatic rings. The second kappa shape index (κ2) is 7.58. The first kappa shape index (κ1) is 17.2. The van der Waals surface area contributed by atoms with E-state index in [0.717, 1.165) is 46.9 Å². The highest BCUT2D eigenvalue weighted by Crippen LogP contribution is 2.27. The Morgan fingerprint density at radius 1 is 0.679 bits per heavy atom. The van der Waals surface area contributed by atoms with E-state index in [-0.39, 0.29) is 12.2 Å². The van der Waals surface area contributed by atoms with Crippen LogP contribution in [0.3, 0.4) is 0 Å². The summed E-state index contributed by atoms with van der Waals surface area (Å²) in [5, 5.41) is 10.9. The fraction of sp³-hybridized carbons (Fsp3) is 0.273. The predicted molar refractivity (Wildman–Crippen MR) is 105 cm³/mol. The standard InChI is InChI=1S/C22H20N2O4/c1-3-18(9-15-2-6-20(10-16(1)15)26-12-22-14-28-22)24-23-17-4-7-19(8-5-17)25-11-21-13-27-21/h1-10,21-22H,11-14H2. The molecular formula is C22H20N2O4. The molecule has 3 aromatic carbocycles. The topological polar surface area (TPSA) is 68.2 Å². The van der Waals surface area contributed by atoms with Crippen LogP contribution in [0.2, 0.25) is 0 Å². The molecule has 6 nitrogen and oxygen atoms in total. The van der Waals surface area contributed by atoms with Crippen molar-refractivity contribution in [2.24, 2.45) is 10.2 Å². The molecule has 2 atom stereocenters. The Morgan fingerprint density at radius 3 is 1.93 bits per heavy atom. The first-order valence-electron chi connectivity index (χ1n) is 9.36. The van der Waals surface area contributed by atoms with Crippen molar-refractivity contribution >= 4 is 22.1 Å². The van der Waals surface area contributed by atoms with Crippen LogP contribution < -0.4 is 9.47 Å². The van der Waals surface area contributed by atoms with Crippen LogP contribution in [0.25, 0.3) is 10.8 Å². The van der Waals surface area contributed by atoms with E-state index in [9.17, 15) is 0 Å². The number of fused-ring (bicyclic) bond motifs is 1. The van der Waals surface area contributed by atoms with Crippen LogP contribution in [-0.2, 0) is 9.47 Å². The number of ether oxygens (including phenoxy) is 4. The molecule has 0 saturated carbocycles. The van der Waals surface area contributed by atoms with Crippen molar-refractivity contribution in [2.75, 3.05) is 26.4 Å². The minimum Gasteiger partial charge on any atom is -0.491 e. The summed E-state index contributed by atoms with van der Waals surface area (Å²) in [5.41, 5.74) is 1.58. The first-order valence-corrected chi connectivity index (χ1v) is 9.36. The lowest BCUT2D eigenvalue weighted by molar-refractivity contribution is 0.263. The van der Waals surface area contributed by atoms with E-state index in [1.807, 2.05) is 60.7 Å². The van der Waals surface area contributed by atoms with E-state index in [1.54, 1.807) is 0 Å². The van der Waals surface area contributed by atoms with Gasteiger partial charge in [0.15, 0.2) is 0 Å². The van der Waals surface area contributed by atoms with Gasteiger partial charge in [-0.25, -0.2) is 0 Å². The molecule has 5 rings (SSSR count). The van der Waals surface area contributed by atoms with Gasteiger partial charge in [0.05, 0.1) is 24.6 Å². The third-order valence-corrected chi connectivity index (χ3v) is 4.59. The molecule has 2 fully saturated rings. The number of hydrogen-bond acceptors (Lipinski definition) is 6. The van der Waals surface area contributed by atoms with Crippen LogP contribution in [-0.4, -0.2) is 38.6 Å². The number of epoxide rings is 2. The van der Waals surface area contributed by atoms with Crippen molar-refractivity contribution in [3.05, 3.63) is 60.7 Å². The van der Waals surface area contributed by atoms with E-state index in [1.165, 1.54) is 0 Å². The van der Waals surface area contributed by atoms with Crippen molar-refractivity contribution in [3.8, 4) is 11.5 Å². The van der Waals surface area contributed by atoms with E-state index in [2.05, 4.69) is 10.2 Å². The minimum atomic E-state index is 0.252. The molecule has 2 unspecified atom stereocenters. The molecular weight excluding hydrogens is 356 g/mol. The molecule has 0 aromatic heterocycles. The van der Waals surface area contributed by atoms with Gasteiger partial charge in [-0.05, 0) is 59.3 Å². The second-order valence-electron chi connectivity index (χ2n) is 6.92. The summed E-state index contributed by atoms with van der Waals surface area (Å²) < 4.78 is 21.7. The van der Waals surface area contributed by atoms with Gasteiger partial charge >= 0.3 is 0 Å². The fourth-order valence-corrected chi connectivity index (χ4v) is 2.79. The SMILES string of the molecule is c1cc(OCC2CO2)ccc1N=Nc1ccc2cc(OCC3CO3)ccc2c1. The van der Waals surface area contributed by atoms with Crippen LogP contribution >= 0.6 is 0 Å². The predicted octanol–water partition coefficient (Wildman–Crippen LogP) is 4.81. The van der Waals surface area contributed by atoms with Crippen LogP contribution in [0, 0.1) is 0 Å². The Bertz CT molecular complexity index is 995. The van der Waals surface area contributed by atoms with Crippen molar-refractivity contribution < 1.29 is 18.9 Å². The maximum atomic E-state index is 5.73. The van der Waals surface area contributed by atoms with Crippen LogP contribution in [0.4, 0.5) is 11.4 Å². The number of rotatable bonds is 8. The maximum absolute atomic E-state index is 5.73. The summed E-state index contributed by atoms with van der Waals surface area (Å²) in [7, 11) is 0. The van der Waals surface area contributed by atoms with E-state index < -0.39 is 0 Å². The van der Waals surface area contributed by atoms with Gasteiger partial charge < -0.3 is 18.9 Å². The summed E-state index contributed by atoms with van der Waals surface area (Å²) >= 11 is 0. The Labute approximate surface area is 162 Å². The summed E-state index contributed by atoms with van der Waals surface area (Å²) in [6.45, 7) is 2.80. The third kappa shape index (κ3) is 4.47. The molecule has 28 heavy (non-hydrogen) atoms. The van der Waals surface area contributed by atoms with Crippen molar-refractivity contribution in [1.29, 1.82) is 0 Å². The zero-order valence-corrected chi connectivity index (χ0v) is 15.3. The van der Waals surface area contributed by atoms with Gasteiger partial charge in [0.2, 0.25) is 0 Å². The molecule has 2 aliphatic heterocycles. The lowest BCUT2D eigenvalue weighted by atomic mass is 10.1. The summed E-state index contributed by atoms with van der Waals surface area (Å²) in [6.07, 6.45) is 0.508. The lowest BCUT2D eigenvalue weighted by Crippen LogP contribution is -2.03. The highest BCUT2D eigenvalue weighted by Gasteiger charge is 2.23. The fourth-order valence-electron chi connectivity index (χ4n) is 2.79. The first-order chi connectivity index (χ1) is 13.8. The van der Waals surface area contributed by atoms with E-state index in [0.29, 0.717) is 13.2 Å². The van der Waals surface area contributed by atoms with Gasteiger partial charge in [-0.3, -0.25) is 0 Å². The smallest absolute Gasteiger partial charge is 0.120 e. The molecule has 0 bridgehead atoms. The Morgan fingerprint density at radius 2 is 1.21 bits per heavy atom. The average molecular weight is 376 g/mol. The highest BCUT2D eigenvalue weighted by atomic mass is 16.6. The molecule has 0 N–H and O–H groups in total. The van der Waals surface area contributed by atoms with Gasteiger partial charge in [0.25, 0.3) is 0 Å². The molecule has 2 heterocycles. The Balaban J connectivity index is 1.23. The number of benzene rings is 3. The molecule has 2 saturated heterocycles. The van der Waals surface area contributed by atoms with E-state index >= 15 is 0 Å².